The Labute approximate surface area is 64.8 Å². The van der Waals surface area contributed by atoms with Gasteiger partial charge in [-0.3, -0.25) is 0 Å². The Morgan fingerprint density at radius 1 is 1.27 bits per heavy atom. The zero-order chi connectivity index (χ0) is 7.52. The van der Waals surface area contributed by atoms with E-state index in [1.807, 2.05) is 24.3 Å². The van der Waals surface area contributed by atoms with Crippen LogP contribution in [0, 0.1) is 0 Å². The third-order valence-corrected chi connectivity index (χ3v) is 1.66. The summed E-state index contributed by atoms with van der Waals surface area (Å²) >= 11 is 0. The molecule has 0 amide bonds. The van der Waals surface area contributed by atoms with Crippen molar-refractivity contribution < 1.29 is 9.88 Å². The molecule has 1 N–H and O–H groups in total. The van der Waals surface area contributed by atoms with Crippen molar-refractivity contribution in [1.29, 1.82) is 0 Å². The highest BCUT2D eigenvalue weighted by Crippen LogP contribution is 2.19. The Kier molecular flexibility index (Phi) is 1.75. The third-order valence-electron chi connectivity index (χ3n) is 1.66. The maximum absolute atomic E-state index is 4.94. The number of hydroxylamine groups is 1. The van der Waals surface area contributed by atoms with Crippen molar-refractivity contribution in [3.05, 3.63) is 29.8 Å². The summed E-state index contributed by atoms with van der Waals surface area (Å²) in [5.41, 5.74) is 3.85. The van der Waals surface area contributed by atoms with Crippen LogP contribution >= 0.6 is 0 Å². The molecular formula is C8H9NO2. The fourth-order valence-electron chi connectivity index (χ4n) is 1.09. The van der Waals surface area contributed by atoms with Crippen LogP contribution in [-0.2, 0) is 11.4 Å². The number of hydrogen-bond acceptors (Lipinski definition) is 3. The lowest BCUT2D eigenvalue weighted by molar-refractivity contribution is -0.254. The highest BCUT2D eigenvalue weighted by Gasteiger charge is 2.06. The molecule has 1 aromatic carbocycles. The Balaban J connectivity index is 2.33. The molecule has 0 radical (unpaired) electrons. The van der Waals surface area contributed by atoms with Gasteiger partial charge in [-0.15, -0.1) is 0 Å². The van der Waals surface area contributed by atoms with Crippen molar-refractivity contribution in [3.63, 3.8) is 0 Å². The minimum absolute atomic E-state index is 0.789. The van der Waals surface area contributed by atoms with Crippen molar-refractivity contribution in [2.45, 2.75) is 6.42 Å². The number of para-hydroxylation sites is 1. The summed E-state index contributed by atoms with van der Waals surface area (Å²) in [6, 6.07) is 7.84. The van der Waals surface area contributed by atoms with Crippen LogP contribution in [-0.4, -0.2) is 6.54 Å². The summed E-state index contributed by atoms with van der Waals surface area (Å²) in [6.07, 6.45) is 0.941. The second-order valence-corrected chi connectivity index (χ2v) is 2.42. The predicted molar refractivity (Wildman–Crippen MR) is 39.9 cm³/mol. The summed E-state index contributed by atoms with van der Waals surface area (Å²) < 4.78 is 0. The lowest BCUT2D eigenvalue weighted by Crippen LogP contribution is -2.16. The van der Waals surface area contributed by atoms with Gasteiger partial charge in [-0.2, -0.15) is 5.48 Å². The summed E-state index contributed by atoms with van der Waals surface area (Å²) in [5.74, 6) is 0.803. The molecule has 0 saturated heterocycles. The van der Waals surface area contributed by atoms with Crippen LogP contribution in [0.1, 0.15) is 5.56 Å². The summed E-state index contributed by atoms with van der Waals surface area (Å²) in [6.45, 7) is 0.789. The van der Waals surface area contributed by atoms with Crippen molar-refractivity contribution in [1.82, 2.24) is 5.48 Å². The molecule has 2 rings (SSSR count). The highest BCUT2D eigenvalue weighted by atomic mass is 17.3. The summed E-state index contributed by atoms with van der Waals surface area (Å²) in [7, 11) is 0. The molecule has 1 aliphatic heterocycles. The van der Waals surface area contributed by atoms with E-state index in [0.717, 1.165) is 18.7 Å². The van der Waals surface area contributed by atoms with Crippen molar-refractivity contribution in [3.8, 4) is 5.75 Å². The van der Waals surface area contributed by atoms with E-state index < -0.39 is 0 Å². The van der Waals surface area contributed by atoms with E-state index in [0.29, 0.717) is 0 Å². The van der Waals surface area contributed by atoms with Crippen LogP contribution < -0.4 is 10.4 Å². The van der Waals surface area contributed by atoms with Crippen LogP contribution in [0.2, 0.25) is 0 Å². The van der Waals surface area contributed by atoms with E-state index >= 15 is 0 Å². The molecule has 0 spiro atoms. The van der Waals surface area contributed by atoms with Crippen molar-refractivity contribution in [2.24, 2.45) is 0 Å². The van der Waals surface area contributed by atoms with E-state index in [2.05, 4.69) is 10.5 Å². The van der Waals surface area contributed by atoms with E-state index in [-0.39, 0.29) is 0 Å². The molecule has 0 saturated carbocycles. The number of hydrogen-bond donors (Lipinski definition) is 1. The SMILES string of the molecule is c1ccc2c(c1)CCNOO2. The molecule has 0 aliphatic carbocycles. The normalized spacial score (nSPS) is 16.4. The fourth-order valence-corrected chi connectivity index (χ4v) is 1.09. The Morgan fingerprint density at radius 3 is 3.18 bits per heavy atom. The van der Waals surface area contributed by atoms with Gasteiger partial charge < -0.3 is 4.89 Å². The van der Waals surface area contributed by atoms with Crippen molar-refractivity contribution in [2.75, 3.05) is 6.54 Å². The molecule has 3 heteroatoms. The predicted octanol–water partition coefficient (Wildman–Crippen LogP) is 1.06. The molecule has 0 atom stereocenters. The molecule has 3 nitrogen and oxygen atoms in total. The maximum atomic E-state index is 4.94. The van der Waals surface area contributed by atoms with E-state index in [1.165, 1.54) is 5.56 Å². The average molecular weight is 151 g/mol. The van der Waals surface area contributed by atoms with Gasteiger partial charge in [0.1, 0.15) is 0 Å². The van der Waals surface area contributed by atoms with Gasteiger partial charge in [-0.1, -0.05) is 23.2 Å². The summed E-state index contributed by atoms with van der Waals surface area (Å²) in [4.78, 5) is 9.61. The van der Waals surface area contributed by atoms with Crippen LogP contribution in [0.4, 0.5) is 0 Å². The zero-order valence-electron chi connectivity index (χ0n) is 6.04. The lowest BCUT2D eigenvalue weighted by atomic mass is 10.1. The third kappa shape index (κ3) is 1.34. The highest BCUT2D eigenvalue weighted by molar-refractivity contribution is 5.33. The van der Waals surface area contributed by atoms with Crippen LogP contribution in [0.15, 0.2) is 24.3 Å². The van der Waals surface area contributed by atoms with Gasteiger partial charge in [0.15, 0.2) is 5.75 Å². The lowest BCUT2D eigenvalue weighted by Gasteiger charge is -2.00. The zero-order valence-corrected chi connectivity index (χ0v) is 6.04. The molecule has 1 aliphatic rings. The molecule has 0 unspecified atom stereocenters. The molecule has 11 heavy (non-hydrogen) atoms. The molecule has 0 aromatic heterocycles. The maximum Gasteiger partial charge on any atom is 0.170 e. The molecular weight excluding hydrogens is 142 g/mol. The number of rotatable bonds is 0. The fraction of sp³-hybridized carbons (Fsp3) is 0.250. The Hall–Kier alpha value is -1.06. The average Bonchev–Trinajstić information content (AvgIpc) is 2.28. The second-order valence-electron chi connectivity index (χ2n) is 2.42. The van der Waals surface area contributed by atoms with Crippen LogP contribution in [0.25, 0.3) is 0 Å². The number of benzene rings is 1. The number of fused-ring (bicyclic) bond motifs is 1. The first-order valence-corrected chi connectivity index (χ1v) is 3.61. The number of nitrogens with one attached hydrogen (secondary N) is 1. The van der Waals surface area contributed by atoms with E-state index in [9.17, 15) is 0 Å². The van der Waals surface area contributed by atoms with Gasteiger partial charge in [0.05, 0.1) is 0 Å². The van der Waals surface area contributed by atoms with Gasteiger partial charge in [0.25, 0.3) is 0 Å². The molecule has 0 fully saturated rings. The minimum Gasteiger partial charge on any atom is -0.319 e. The van der Waals surface area contributed by atoms with E-state index in [4.69, 9.17) is 4.89 Å². The molecule has 1 aromatic rings. The van der Waals surface area contributed by atoms with Gasteiger partial charge in [0, 0.05) is 6.54 Å². The standard InChI is InChI=1S/C8H9NO2/c1-2-4-8-7(3-1)5-6-9-11-10-8/h1-4,9H,5-6H2. The van der Waals surface area contributed by atoms with Crippen LogP contribution in [0.5, 0.6) is 5.75 Å². The Morgan fingerprint density at radius 2 is 2.18 bits per heavy atom. The molecule has 1 heterocycles. The molecule has 0 bridgehead atoms. The first kappa shape index (κ1) is 6.64. The van der Waals surface area contributed by atoms with Crippen LogP contribution in [0.3, 0.4) is 0 Å². The van der Waals surface area contributed by atoms with Gasteiger partial charge in [-0.25, -0.2) is 0 Å². The van der Waals surface area contributed by atoms with Gasteiger partial charge in [0.2, 0.25) is 0 Å². The smallest absolute Gasteiger partial charge is 0.170 e. The topological polar surface area (TPSA) is 30.5 Å². The first-order chi connectivity index (χ1) is 5.47. The quantitative estimate of drug-likeness (QED) is 0.562. The van der Waals surface area contributed by atoms with E-state index in [1.54, 1.807) is 0 Å². The second kappa shape index (κ2) is 2.90. The molecule has 58 valence electrons. The first-order valence-electron chi connectivity index (χ1n) is 3.61. The monoisotopic (exact) mass is 151 g/mol. The minimum atomic E-state index is 0.789. The largest absolute Gasteiger partial charge is 0.319 e. The van der Waals surface area contributed by atoms with Gasteiger partial charge in [-0.05, 0) is 18.1 Å². The van der Waals surface area contributed by atoms with Gasteiger partial charge >= 0.3 is 0 Å². The summed E-state index contributed by atoms with van der Waals surface area (Å²) in [5, 5.41) is 0. The van der Waals surface area contributed by atoms with Crippen molar-refractivity contribution >= 4 is 0 Å². The Bertz CT molecular complexity index is 225.